The Morgan fingerprint density at radius 1 is 1.12 bits per heavy atom. The van der Waals surface area contributed by atoms with Crippen molar-refractivity contribution in [3.05, 3.63) is 22.8 Å². The van der Waals surface area contributed by atoms with Crippen LogP contribution in [-0.4, -0.2) is 16.5 Å². The van der Waals surface area contributed by atoms with Crippen molar-refractivity contribution < 1.29 is 0 Å². The minimum Gasteiger partial charge on any atom is -0.313 e. The first-order valence-electron chi connectivity index (χ1n) is 6.14. The van der Waals surface area contributed by atoms with Gasteiger partial charge in [0, 0.05) is 29.4 Å². The molecule has 1 rings (SSSR count). The minimum atomic E-state index is 0.450. The average Bonchev–Trinajstić information content (AvgIpc) is 2.26. The first-order valence-corrected chi connectivity index (χ1v) is 6.14. The number of aryl methyl sites for hydroxylation is 2. The summed E-state index contributed by atoms with van der Waals surface area (Å²) in [5, 5.41) is 3.33. The second-order valence-electron chi connectivity index (χ2n) is 4.32. The van der Waals surface area contributed by atoms with Crippen molar-refractivity contribution in [1.82, 2.24) is 15.3 Å². The van der Waals surface area contributed by atoms with Crippen LogP contribution in [-0.2, 0) is 6.54 Å². The third-order valence-corrected chi connectivity index (χ3v) is 3.04. The van der Waals surface area contributed by atoms with Crippen LogP contribution in [0.3, 0.4) is 0 Å². The standard InChI is InChI=1S/C13H23N3/c1-6-9(3)13-15-10(4)12(8-14-7-2)11(5)16-13/h9,14H,6-8H2,1-5H3. The van der Waals surface area contributed by atoms with E-state index in [0.717, 1.165) is 36.7 Å². The lowest BCUT2D eigenvalue weighted by molar-refractivity contribution is 0.654. The highest BCUT2D eigenvalue weighted by molar-refractivity contribution is 5.24. The quantitative estimate of drug-likeness (QED) is 0.830. The molecule has 1 unspecified atom stereocenters. The Morgan fingerprint density at radius 2 is 1.69 bits per heavy atom. The predicted molar refractivity (Wildman–Crippen MR) is 67.6 cm³/mol. The molecule has 0 spiro atoms. The van der Waals surface area contributed by atoms with Gasteiger partial charge >= 0.3 is 0 Å². The molecule has 0 aromatic carbocycles. The highest BCUT2D eigenvalue weighted by Crippen LogP contribution is 2.18. The van der Waals surface area contributed by atoms with Crippen molar-refractivity contribution in [2.45, 2.75) is 53.5 Å². The Bertz CT molecular complexity index is 324. The molecule has 0 saturated heterocycles. The molecule has 0 radical (unpaired) electrons. The normalized spacial score (nSPS) is 12.8. The van der Waals surface area contributed by atoms with E-state index in [1.807, 2.05) is 0 Å². The number of rotatable bonds is 5. The molecule has 3 nitrogen and oxygen atoms in total. The summed E-state index contributed by atoms with van der Waals surface area (Å²) in [6.07, 6.45) is 1.09. The SMILES string of the molecule is CCNCc1c(C)nc(C(C)CC)nc1C. The van der Waals surface area contributed by atoms with Crippen molar-refractivity contribution >= 4 is 0 Å². The van der Waals surface area contributed by atoms with Crippen LogP contribution in [0.5, 0.6) is 0 Å². The zero-order chi connectivity index (χ0) is 12.1. The van der Waals surface area contributed by atoms with Crippen molar-refractivity contribution in [1.29, 1.82) is 0 Å². The summed E-state index contributed by atoms with van der Waals surface area (Å²) in [4.78, 5) is 9.21. The van der Waals surface area contributed by atoms with Crippen LogP contribution < -0.4 is 5.32 Å². The van der Waals surface area contributed by atoms with E-state index in [0.29, 0.717) is 5.92 Å². The van der Waals surface area contributed by atoms with Gasteiger partial charge in [-0.05, 0) is 26.8 Å². The third-order valence-electron chi connectivity index (χ3n) is 3.04. The highest BCUT2D eigenvalue weighted by Gasteiger charge is 2.11. The molecule has 3 heteroatoms. The number of nitrogens with one attached hydrogen (secondary N) is 1. The molecule has 0 bridgehead atoms. The largest absolute Gasteiger partial charge is 0.313 e. The summed E-state index contributed by atoms with van der Waals surface area (Å²) < 4.78 is 0. The van der Waals surface area contributed by atoms with Gasteiger partial charge < -0.3 is 5.32 Å². The Hall–Kier alpha value is -0.960. The summed E-state index contributed by atoms with van der Waals surface area (Å²) in [5.41, 5.74) is 3.47. The van der Waals surface area contributed by atoms with Gasteiger partial charge in [-0.2, -0.15) is 0 Å². The van der Waals surface area contributed by atoms with Crippen LogP contribution in [0.4, 0.5) is 0 Å². The van der Waals surface area contributed by atoms with Crippen molar-refractivity contribution in [3.63, 3.8) is 0 Å². The number of aromatic nitrogens is 2. The highest BCUT2D eigenvalue weighted by atomic mass is 14.9. The van der Waals surface area contributed by atoms with Crippen LogP contribution >= 0.6 is 0 Å². The van der Waals surface area contributed by atoms with Gasteiger partial charge in [-0.15, -0.1) is 0 Å². The topological polar surface area (TPSA) is 37.8 Å². The van der Waals surface area contributed by atoms with Gasteiger partial charge in [-0.1, -0.05) is 20.8 Å². The molecular formula is C13H23N3. The van der Waals surface area contributed by atoms with E-state index in [-0.39, 0.29) is 0 Å². The monoisotopic (exact) mass is 221 g/mol. The summed E-state index contributed by atoms with van der Waals surface area (Å²) in [5.74, 6) is 1.43. The molecule has 1 atom stereocenters. The third kappa shape index (κ3) is 3.01. The molecule has 90 valence electrons. The van der Waals surface area contributed by atoms with E-state index in [2.05, 4.69) is 49.9 Å². The summed E-state index contributed by atoms with van der Waals surface area (Å²) in [6.45, 7) is 12.5. The van der Waals surface area contributed by atoms with Crippen LogP contribution in [0.15, 0.2) is 0 Å². The van der Waals surface area contributed by atoms with Crippen LogP contribution in [0.25, 0.3) is 0 Å². The zero-order valence-electron chi connectivity index (χ0n) is 11.1. The lowest BCUT2D eigenvalue weighted by Crippen LogP contribution is -2.16. The summed E-state index contributed by atoms with van der Waals surface area (Å²) >= 11 is 0. The average molecular weight is 221 g/mol. The number of hydrogen-bond donors (Lipinski definition) is 1. The first kappa shape index (κ1) is 13.1. The molecule has 0 amide bonds. The van der Waals surface area contributed by atoms with Gasteiger partial charge in [0.15, 0.2) is 0 Å². The first-order chi connectivity index (χ1) is 7.60. The molecule has 0 fully saturated rings. The van der Waals surface area contributed by atoms with Gasteiger partial charge in [0.25, 0.3) is 0 Å². The van der Waals surface area contributed by atoms with Crippen LogP contribution in [0.2, 0.25) is 0 Å². The van der Waals surface area contributed by atoms with Gasteiger partial charge in [0.2, 0.25) is 0 Å². The molecule has 0 aliphatic rings. The molecule has 16 heavy (non-hydrogen) atoms. The van der Waals surface area contributed by atoms with Crippen molar-refractivity contribution in [2.75, 3.05) is 6.54 Å². The van der Waals surface area contributed by atoms with E-state index in [1.165, 1.54) is 5.56 Å². The van der Waals surface area contributed by atoms with E-state index >= 15 is 0 Å². The van der Waals surface area contributed by atoms with E-state index in [1.54, 1.807) is 0 Å². The lowest BCUT2D eigenvalue weighted by atomic mass is 10.1. The van der Waals surface area contributed by atoms with Gasteiger partial charge in [-0.25, -0.2) is 9.97 Å². The summed E-state index contributed by atoms with van der Waals surface area (Å²) in [7, 11) is 0. The maximum absolute atomic E-state index is 4.61. The zero-order valence-corrected chi connectivity index (χ0v) is 11.1. The Morgan fingerprint density at radius 3 is 2.12 bits per heavy atom. The van der Waals surface area contributed by atoms with Gasteiger partial charge in [0.1, 0.15) is 5.82 Å². The molecule has 1 aromatic rings. The lowest BCUT2D eigenvalue weighted by Gasteiger charge is -2.13. The fraction of sp³-hybridized carbons (Fsp3) is 0.692. The molecule has 1 heterocycles. The van der Waals surface area contributed by atoms with Crippen molar-refractivity contribution in [2.24, 2.45) is 0 Å². The van der Waals surface area contributed by atoms with Gasteiger partial charge in [0.05, 0.1) is 0 Å². The summed E-state index contributed by atoms with van der Waals surface area (Å²) in [6, 6.07) is 0. The number of hydrogen-bond acceptors (Lipinski definition) is 3. The van der Waals surface area contributed by atoms with E-state index in [9.17, 15) is 0 Å². The molecule has 1 N–H and O–H groups in total. The fourth-order valence-corrected chi connectivity index (χ4v) is 1.67. The second kappa shape index (κ2) is 5.94. The fourth-order valence-electron chi connectivity index (χ4n) is 1.67. The molecular weight excluding hydrogens is 198 g/mol. The maximum atomic E-state index is 4.61. The molecule has 0 saturated carbocycles. The molecule has 1 aromatic heterocycles. The second-order valence-corrected chi connectivity index (χ2v) is 4.32. The maximum Gasteiger partial charge on any atom is 0.131 e. The van der Waals surface area contributed by atoms with Crippen molar-refractivity contribution in [3.8, 4) is 0 Å². The Kier molecular flexibility index (Phi) is 4.87. The van der Waals surface area contributed by atoms with Crippen LogP contribution in [0.1, 0.15) is 55.9 Å². The predicted octanol–water partition coefficient (Wildman–Crippen LogP) is 2.72. The molecule has 0 aliphatic heterocycles. The molecule has 0 aliphatic carbocycles. The van der Waals surface area contributed by atoms with E-state index < -0.39 is 0 Å². The minimum absolute atomic E-state index is 0.450. The van der Waals surface area contributed by atoms with Gasteiger partial charge in [-0.3, -0.25) is 0 Å². The Balaban J connectivity index is 2.97. The number of nitrogens with zero attached hydrogens (tertiary/aromatic N) is 2. The Labute approximate surface area is 98.7 Å². The van der Waals surface area contributed by atoms with E-state index in [4.69, 9.17) is 0 Å². The smallest absolute Gasteiger partial charge is 0.131 e. The van der Waals surface area contributed by atoms with Crippen LogP contribution in [0, 0.1) is 13.8 Å².